The van der Waals surface area contributed by atoms with Gasteiger partial charge in [-0.15, -0.1) is 0 Å². The minimum absolute atomic E-state index is 0.0743. The summed E-state index contributed by atoms with van der Waals surface area (Å²) in [7, 11) is 0. The molecule has 2 N–H and O–H groups in total. The van der Waals surface area contributed by atoms with E-state index in [4.69, 9.17) is 0 Å². The van der Waals surface area contributed by atoms with Crippen molar-refractivity contribution in [3.05, 3.63) is 35.4 Å². The number of aliphatic carboxylic acids is 2. The fourth-order valence-electron chi connectivity index (χ4n) is 14.7. The molecule has 8 aliphatic rings. The van der Waals surface area contributed by atoms with Crippen molar-refractivity contribution in [2.45, 2.75) is 128 Å². The van der Waals surface area contributed by atoms with Gasteiger partial charge in [-0.1, -0.05) is 52.0 Å². The molecule has 8 fully saturated rings. The molecule has 0 heterocycles. The third-order valence-corrected chi connectivity index (χ3v) is 12.6. The minimum Gasteiger partial charge on any atom is -0.481 e. The Morgan fingerprint density at radius 2 is 0.816 bits per heavy atom. The molecule has 4 heteroatoms. The van der Waals surface area contributed by atoms with Crippen LogP contribution in [-0.4, -0.2) is 22.2 Å². The first-order valence-electron chi connectivity index (χ1n) is 15.1. The van der Waals surface area contributed by atoms with Gasteiger partial charge in [0.25, 0.3) is 0 Å². The molecule has 4 atom stereocenters. The van der Waals surface area contributed by atoms with Crippen molar-refractivity contribution in [1.29, 1.82) is 0 Å². The average molecular weight is 519 g/mol. The van der Waals surface area contributed by atoms with E-state index in [2.05, 4.69) is 52.0 Å². The van der Waals surface area contributed by atoms with Gasteiger partial charge < -0.3 is 10.2 Å². The molecule has 8 bridgehead atoms. The summed E-state index contributed by atoms with van der Waals surface area (Å²) in [5.41, 5.74) is 3.77. The lowest BCUT2D eigenvalue weighted by Gasteiger charge is -2.70. The summed E-state index contributed by atoms with van der Waals surface area (Å²) in [6.07, 6.45) is 14.1. The van der Waals surface area contributed by atoms with Crippen LogP contribution in [0.3, 0.4) is 0 Å². The van der Waals surface area contributed by atoms with Gasteiger partial charge in [-0.2, -0.15) is 0 Å². The number of carboxylic acids is 2. The Hall–Kier alpha value is -1.84. The molecule has 0 aromatic heterocycles. The molecule has 1 aromatic carbocycles. The van der Waals surface area contributed by atoms with E-state index in [1.54, 1.807) is 0 Å². The van der Waals surface area contributed by atoms with Crippen LogP contribution in [0.2, 0.25) is 0 Å². The van der Waals surface area contributed by atoms with Crippen molar-refractivity contribution < 1.29 is 19.8 Å². The third-order valence-electron chi connectivity index (χ3n) is 12.6. The van der Waals surface area contributed by atoms with Gasteiger partial charge in [0, 0.05) is 0 Å². The number of carboxylic acid groups (broad SMARTS) is 2. The van der Waals surface area contributed by atoms with E-state index in [1.807, 2.05) is 0 Å². The van der Waals surface area contributed by atoms with Gasteiger partial charge in [0.05, 0.1) is 12.8 Å². The van der Waals surface area contributed by atoms with Gasteiger partial charge in [-0.05, 0) is 131 Å². The largest absolute Gasteiger partial charge is 0.481 e. The summed E-state index contributed by atoms with van der Waals surface area (Å²) < 4.78 is 0. The van der Waals surface area contributed by atoms with E-state index in [1.165, 1.54) is 49.7 Å². The van der Waals surface area contributed by atoms with Crippen LogP contribution >= 0.6 is 0 Å². The highest BCUT2D eigenvalue weighted by atomic mass is 16.4. The molecule has 0 aliphatic heterocycles. The first kappa shape index (κ1) is 25.1. The van der Waals surface area contributed by atoms with E-state index in [-0.39, 0.29) is 43.3 Å². The monoisotopic (exact) mass is 518 g/mol. The Kier molecular flexibility index (Phi) is 4.68. The first-order valence-corrected chi connectivity index (χ1v) is 15.1. The second kappa shape index (κ2) is 7.07. The van der Waals surface area contributed by atoms with Crippen LogP contribution in [0.5, 0.6) is 0 Å². The van der Waals surface area contributed by atoms with E-state index in [9.17, 15) is 19.8 Å². The normalized spacial score (nSPS) is 51.9. The summed E-state index contributed by atoms with van der Waals surface area (Å²) in [5.74, 6) is -1.27. The molecular formula is C34H46O4. The molecular weight excluding hydrogens is 472 g/mol. The van der Waals surface area contributed by atoms with Crippen LogP contribution in [-0.2, 0) is 20.4 Å². The Labute approximate surface area is 228 Å². The molecule has 4 unspecified atom stereocenters. The summed E-state index contributed by atoms with van der Waals surface area (Å²) in [6.45, 7) is 9.73. The van der Waals surface area contributed by atoms with Crippen molar-refractivity contribution in [1.82, 2.24) is 0 Å². The van der Waals surface area contributed by atoms with Crippen LogP contribution in [0.1, 0.15) is 129 Å². The number of hydrogen-bond acceptors (Lipinski definition) is 2. The topological polar surface area (TPSA) is 74.6 Å². The molecule has 38 heavy (non-hydrogen) atoms. The van der Waals surface area contributed by atoms with E-state index >= 15 is 0 Å². The summed E-state index contributed by atoms with van der Waals surface area (Å²) in [5, 5.41) is 19.7. The van der Waals surface area contributed by atoms with Crippen LogP contribution in [0.15, 0.2) is 24.3 Å². The Bertz CT molecular complexity index is 1090. The highest BCUT2D eigenvalue weighted by molar-refractivity contribution is 5.68. The highest BCUT2D eigenvalue weighted by Gasteiger charge is 2.67. The molecule has 0 amide bonds. The zero-order valence-corrected chi connectivity index (χ0v) is 23.9. The number of benzene rings is 1. The van der Waals surface area contributed by atoms with Gasteiger partial charge in [0.1, 0.15) is 0 Å². The Morgan fingerprint density at radius 3 is 1.08 bits per heavy atom. The summed E-state index contributed by atoms with van der Waals surface area (Å²) in [6, 6.07) is 9.65. The maximum Gasteiger partial charge on any atom is 0.303 e. The lowest BCUT2D eigenvalue weighted by Crippen LogP contribution is -2.62. The van der Waals surface area contributed by atoms with Gasteiger partial charge in [0.15, 0.2) is 0 Å². The third kappa shape index (κ3) is 3.60. The van der Waals surface area contributed by atoms with Gasteiger partial charge >= 0.3 is 11.9 Å². The van der Waals surface area contributed by atoms with Gasteiger partial charge in [0.2, 0.25) is 0 Å². The molecule has 0 saturated heterocycles. The lowest BCUT2D eigenvalue weighted by atomic mass is 9.34. The molecule has 9 rings (SSSR count). The van der Waals surface area contributed by atoms with Crippen molar-refractivity contribution in [2.75, 3.05) is 0 Å². The molecule has 0 spiro atoms. The fourth-order valence-corrected chi connectivity index (χ4v) is 14.7. The molecule has 0 radical (unpaired) electrons. The van der Waals surface area contributed by atoms with Crippen LogP contribution in [0.4, 0.5) is 0 Å². The lowest BCUT2D eigenvalue weighted by molar-refractivity contribution is -0.175. The Balaban J connectivity index is 1.26. The zero-order chi connectivity index (χ0) is 27.0. The summed E-state index contributed by atoms with van der Waals surface area (Å²) >= 11 is 0. The number of carbonyl (C=O) groups is 2. The van der Waals surface area contributed by atoms with Gasteiger partial charge in [-0.25, -0.2) is 0 Å². The molecule has 4 nitrogen and oxygen atoms in total. The van der Waals surface area contributed by atoms with E-state index in [0.717, 1.165) is 38.5 Å². The molecule has 8 aliphatic carbocycles. The van der Waals surface area contributed by atoms with Crippen LogP contribution in [0.25, 0.3) is 0 Å². The van der Waals surface area contributed by atoms with Crippen molar-refractivity contribution in [2.24, 2.45) is 32.5 Å². The highest BCUT2D eigenvalue weighted by Crippen LogP contribution is 2.76. The predicted molar refractivity (Wildman–Crippen MR) is 147 cm³/mol. The molecule has 1 aromatic rings. The SMILES string of the molecule is CC12CC3(C)CC(CC(=O)O)(C1)CC(c1ccc(C45CC6(C)CC(C)(CC(CC(=O)O)(C6)C4)C5)cc1)(C2)C3. The quantitative estimate of drug-likeness (QED) is 0.402. The number of hydrogen-bond donors (Lipinski definition) is 2. The van der Waals surface area contributed by atoms with Gasteiger partial charge in [-0.3, -0.25) is 9.59 Å². The molecule has 206 valence electrons. The zero-order valence-electron chi connectivity index (χ0n) is 23.9. The van der Waals surface area contributed by atoms with Crippen molar-refractivity contribution in [3.8, 4) is 0 Å². The smallest absolute Gasteiger partial charge is 0.303 e. The Morgan fingerprint density at radius 1 is 0.526 bits per heavy atom. The first-order chi connectivity index (χ1) is 17.5. The summed E-state index contributed by atoms with van der Waals surface area (Å²) in [4.78, 5) is 24.0. The fraction of sp³-hybridized carbons (Fsp3) is 0.765. The maximum absolute atomic E-state index is 12.0. The van der Waals surface area contributed by atoms with Crippen LogP contribution in [0, 0.1) is 32.5 Å². The van der Waals surface area contributed by atoms with Crippen LogP contribution < -0.4 is 0 Å². The van der Waals surface area contributed by atoms with Crippen molar-refractivity contribution in [3.63, 3.8) is 0 Å². The second-order valence-electron chi connectivity index (χ2n) is 17.6. The standard InChI is InChI=1S/C34H46O4/c1-27-11-28(2)14-31(13-27,9-25(35)36)21-33(17-27,18-28)23-5-7-24(8-6-23)34-19-29(3)12-30(4,20-34)16-32(15-29,22-34)10-26(37)38/h5-8H,9-22H2,1-4H3,(H,35,36)(H,37,38). The number of rotatable bonds is 6. The van der Waals surface area contributed by atoms with E-state index in [0.29, 0.717) is 12.8 Å². The molecule has 8 saturated carbocycles. The minimum atomic E-state index is -0.635. The van der Waals surface area contributed by atoms with E-state index < -0.39 is 11.9 Å². The second-order valence-corrected chi connectivity index (χ2v) is 17.6. The van der Waals surface area contributed by atoms with Crippen molar-refractivity contribution >= 4 is 11.9 Å². The maximum atomic E-state index is 12.0. The predicted octanol–water partition coefficient (Wildman–Crippen LogP) is 7.87. The average Bonchev–Trinajstić information content (AvgIpc) is 2.66.